The molecule has 0 aromatic carbocycles. The highest BCUT2D eigenvalue weighted by molar-refractivity contribution is 5.24. The van der Waals surface area contributed by atoms with E-state index in [4.69, 9.17) is 0 Å². The number of allylic oxidation sites excluding steroid dienone is 8. The van der Waals surface area contributed by atoms with Gasteiger partial charge >= 0.3 is 0 Å². The fourth-order valence-electron chi connectivity index (χ4n) is 3.25. The van der Waals surface area contributed by atoms with Crippen molar-refractivity contribution >= 4 is 0 Å². The van der Waals surface area contributed by atoms with Gasteiger partial charge in [-0.1, -0.05) is 48.1 Å². The number of rotatable bonds is 2. The molecule has 0 aliphatic heterocycles. The molecular formula is C15H18. The Morgan fingerprint density at radius 1 is 1.00 bits per heavy atom. The lowest BCUT2D eigenvalue weighted by molar-refractivity contribution is 0.523. The van der Waals surface area contributed by atoms with Crippen LogP contribution in [0.4, 0.5) is 0 Å². The Kier molecular flexibility index (Phi) is 2.36. The van der Waals surface area contributed by atoms with Gasteiger partial charge in [-0.15, -0.1) is 0 Å². The van der Waals surface area contributed by atoms with Gasteiger partial charge in [-0.2, -0.15) is 0 Å². The molecule has 3 rings (SSSR count). The zero-order valence-electron chi connectivity index (χ0n) is 9.10. The summed E-state index contributed by atoms with van der Waals surface area (Å²) in [7, 11) is 0. The van der Waals surface area contributed by atoms with Crippen molar-refractivity contribution in [1.29, 1.82) is 0 Å². The van der Waals surface area contributed by atoms with Crippen LogP contribution >= 0.6 is 0 Å². The van der Waals surface area contributed by atoms with Crippen molar-refractivity contribution in [3.8, 4) is 0 Å². The minimum absolute atomic E-state index is 0.843. The first-order valence-corrected chi connectivity index (χ1v) is 6.11. The largest absolute Gasteiger partial charge is 0.0808 e. The summed E-state index contributed by atoms with van der Waals surface area (Å²) >= 11 is 0. The molecule has 1 fully saturated rings. The van der Waals surface area contributed by atoms with Crippen LogP contribution in [-0.2, 0) is 0 Å². The molecule has 0 bridgehead atoms. The summed E-state index contributed by atoms with van der Waals surface area (Å²) in [5, 5.41) is 0. The van der Waals surface area contributed by atoms with Gasteiger partial charge in [-0.05, 0) is 43.4 Å². The highest BCUT2D eigenvalue weighted by atomic mass is 14.4. The van der Waals surface area contributed by atoms with Gasteiger partial charge in [0.05, 0.1) is 0 Å². The van der Waals surface area contributed by atoms with Crippen molar-refractivity contribution in [2.24, 2.45) is 17.8 Å². The monoisotopic (exact) mass is 198 g/mol. The van der Waals surface area contributed by atoms with Crippen LogP contribution in [0.5, 0.6) is 0 Å². The third kappa shape index (κ3) is 1.86. The van der Waals surface area contributed by atoms with Crippen LogP contribution in [0.1, 0.15) is 25.7 Å². The minimum Gasteiger partial charge on any atom is -0.0808 e. The summed E-state index contributed by atoms with van der Waals surface area (Å²) in [6.07, 6.45) is 21.4. The zero-order valence-corrected chi connectivity index (χ0v) is 9.10. The minimum atomic E-state index is 0.843. The van der Waals surface area contributed by atoms with Crippen LogP contribution in [0.3, 0.4) is 0 Å². The fraction of sp³-hybridized carbons (Fsp3) is 0.467. The molecule has 0 saturated heterocycles. The maximum atomic E-state index is 2.41. The summed E-state index contributed by atoms with van der Waals surface area (Å²) in [6, 6.07) is 0. The lowest BCUT2D eigenvalue weighted by Gasteiger charge is -2.13. The molecule has 0 aromatic rings. The highest BCUT2D eigenvalue weighted by Gasteiger charge is 2.31. The van der Waals surface area contributed by atoms with Crippen LogP contribution < -0.4 is 0 Å². The smallest absolute Gasteiger partial charge is 0.0132 e. The lowest BCUT2D eigenvalue weighted by Crippen LogP contribution is -2.03. The van der Waals surface area contributed by atoms with E-state index in [-0.39, 0.29) is 0 Å². The Morgan fingerprint density at radius 2 is 1.73 bits per heavy atom. The summed E-state index contributed by atoms with van der Waals surface area (Å²) in [4.78, 5) is 0. The quantitative estimate of drug-likeness (QED) is 0.628. The third-order valence-electron chi connectivity index (χ3n) is 3.99. The van der Waals surface area contributed by atoms with E-state index in [1.165, 1.54) is 25.7 Å². The van der Waals surface area contributed by atoms with E-state index in [2.05, 4.69) is 42.5 Å². The van der Waals surface area contributed by atoms with Crippen molar-refractivity contribution in [3.63, 3.8) is 0 Å². The van der Waals surface area contributed by atoms with Crippen LogP contribution in [0.25, 0.3) is 0 Å². The fourth-order valence-corrected chi connectivity index (χ4v) is 3.25. The SMILES string of the molecule is C1=CCC(CC2CC3C=CC=CC3C2)=C1. The molecule has 0 amide bonds. The van der Waals surface area contributed by atoms with Gasteiger partial charge in [-0.3, -0.25) is 0 Å². The Balaban J connectivity index is 1.61. The van der Waals surface area contributed by atoms with E-state index in [9.17, 15) is 0 Å². The standard InChI is InChI=1S/C15H18/c1-2-6-12(5-1)9-13-10-14-7-3-4-8-15(14)11-13/h1-5,7-8,13-15H,6,9-11H2. The van der Waals surface area contributed by atoms with Gasteiger partial charge in [0, 0.05) is 0 Å². The number of fused-ring (bicyclic) bond motifs is 1. The molecule has 2 unspecified atom stereocenters. The first-order valence-electron chi connectivity index (χ1n) is 6.11. The maximum Gasteiger partial charge on any atom is -0.0132 e. The highest BCUT2D eigenvalue weighted by Crippen LogP contribution is 2.42. The molecule has 0 radical (unpaired) electrons. The molecule has 0 heteroatoms. The summed E-state index contributed by atoms with van der Waals surface area (Å²) in [6.45, 7) is 0. The van der Waals surface area contributed by atoms with Crippen molar-refractivity contribution in [1.82, 2.24) is 0 Å². The molecule has 1 saturated carbocycles. The van der Waals surface area contributed by atoms with E-state index in [0.29, 0.717) is 0 Å². The number of hydrogen-bond donors (Lipinski definition) is 0. The Morgan fingerprint density at radius 3 is 2.33 bits per heavy atom. The van der Waals surface area contributed by atoms with Gasteiger partial charge in [0.2, 0.25) is 0 Å². The normalized spacial score (nSPS) is 37.1. The molecule has 0 spiro atoms. The topological polar surface area (TPSA) is 0 Å². The van der Waals surface area contributed by atoms with E-state index in [1.807, 2.05) is 0 Å². The van der Waals surface area contributed by atoms with E-state index >= 15 is 0 Å². The zero-order chi connectivity index (χ0) is 10.1. The predicted molar refractivity (Wildman–Crippen MR) is 64.4 cm³/mol. The summed E-state index contributed by atoms with van der Waals surface area (Å²) in [5.41, 5.74) is 1.65. The van der Waals surface area contributed by atoms with Gasteiger partial charge in [0.1, 0.15) is 0 Å². The summed E-state index contributed by atoms with van der Waals surface area (Å²) < 4.78 is 0. The molecule has 0 heterocycles. The van der Waals surface area contributed by atoms with Gasteiger partial charge in [0.25, 0.3) is 0 Å². The molecule has 3 aliphatic carbocycles. The average molecular weight is 198 g/mol. The molecule has 78 valence electrons. The second kappa shape index (κ2) is 3.84. The maximum absolute atomic E-state index is 2.41. The Labute approximate surface area is 92.1 Å². The average Bonchev–Trinajstić information content (AvgIpc) is 2.86. The van der Waals surface area contributed by atoms with Crippen LogP contribution in [0.15, 0.2) is 48.1 Å². The Hall–Kier alpha value is -1.04. The van der Waals surface area contributed by atoms with Crippen LogP contribution in [0, 0.1) is 17.8 Å². The predicted octanol–water partition coefficient (Wildman–Crippen LogP) is 4.03. The van der Waals surface area contributed by atoms with Gasteiger partial charge in [0.15, 0.2) is 0 Å². The molecule has 15 heavy (non-hydrogen) atoms. The molecule has 0 nitrogen and oxygen atoms in total. The second-order valence-corrected chi connectivity index (χ2v) is 5.10. The van der Waals surface area contributed by atoms with Crippen LogP contribution in [0.2, 0.25) is 0 Å². The third-order valence-corrected chi connectivity index (χ3v) is 3.99. The van der Waals surface area contributed by atoms with Crippen molar-refractivity contribution in [2.45, 2.75) is 25.7 Å². The van der Waals surface area contributed by atoms with E-state index in [1.54, 1.807) is 5.57 Å². The van der Waals surface area contributed by atoms with Crippen molar-refractivity contribution < 1.29 is 0 Å². The molecule has 0 N–H and O–H groups in total. The molecule has 0 aromatic heterocycles. The van der Waals surface area contributed by atoms with E-state index in [0.717, 1.165) is 17.8 Å². The van der Waals surface area contributed by atoms with Gasteiger partial charge in [-0.25, -0.2) is 0 Å². The van der Waals surface area contributed by atoms with Crippen molar-refractivity contribution in [3.05, 3.63) is 48.1 Å². The molecule has 3 aliphatic rings. The summed E-state index contributed by atoms with van der Waals surface area (Å²) in [5.74, 6) is 2.61. The van der Waals surface area contributed by atoms with E-state index < -0.39 is 0 Å². The lowest BCUT2D eigenvalue weighted by atomic mass is 9.92. The second-order valence-electron chi connectivity index (χ2n) is 5.10. The first kappa shape index (κ1) is 9.21. The molecular weight excluding hydrogens is 180 g/mol. The molecule has 2 atom stereocenters. The first-order chi connectivity index (χ1) is 7.42. The van der Waals surface area contributed by atoms with Gasteiger partial charge < -0.3 is 0 Å². The Bertz CT molecular complexity index is 334. The number of hydrogen-bond acceptors (Lipinski definition) is 0. The van der Waals surface area contributed by atoms with Crippen LogP contribution in [-0.4, -0.2) is 0 Å². The van der Waals surface area contributed by atoms with Crippen molar-refractivity contribution in [2.75, 3.05) is 0 Å².